The number of halogens is 4. The molecular formula is C22H18ClF3N4O4S. The van der Waals surface area contributed by atoms with Gasteiger partial charge in [0.15, 0.2) is 17.3 Å². The SMILES string of the molecule is O=S(=O)(c1cc(C(F)(F)F)ccc1Cl)N1CCN(c2ccc(-c3ccc4c(c3)OCO4)nn2)CC1. The van der Waals surface area contributed by atoms with Crippen molar-refractivity contribution in [2.45, 2.75) is 11.1 Å². The number of alkyl halides is 3. The number of hydrogen-bond donors (Lipinski definition) is 0. The van der Waals surface area contributed by atoms with Gasteiger partial charge in [0, 0.05) is 31.7 Å². The van der Waals surface area contributed by atoms with Gasteiger partial charge < -0.3 is 14.4 Å². The predicted molar refractivity (Wildman–Crippen MR) is 121 cm³/mol. The van der Waals surface area contributed by atoms with Crippen LogP contribution in [0.15, 0.2) is 53.4 Å². The lowest BCUT2D eigenvalue weighted by atomic mass is 10.1. The van der Waals surface area contributed by atoms with E-state index in [1.54, 1.807) is 18.2 Å². The van der Waals surface area contributed by atoms with Crippen molar-refractivity contribution in [3.05, 3.63) is 59.1 Å². The van der Waals surface area contributed by atoms with Crippen molar-refractivity contribution in [2.24, 2.45) is 0 Å². The van der Waals surface area contributed by atoms with E-state index >= 15 is 0 Å². The van der Waals surface area contributed by atoms with Crippen molar-refractivity contribution >= 4 is 27.4 Å². The summed E-state index contributed by atoms with van der Waals surface area (Å²) in [6.07, 6.45) is -4.68. The van der Waals surface area contributed by atoms with Crippen molar-refractivity contribution in [2.75, 3.05) is 37.9 Å². The van der Waals surface area contributed by atoms with Gasteiger partial charge in [-0.2, -0.15) is 17.5 Å². The van der Waals surface area contributed by atoms with Gasteiger partial charge in [0.25, 0.3) is 0 Å². The van der Waals surface area contributed by atoms with Gasteiger partial charge in [-0.15, -0.1) is 10.2 Å². The number of fused-ring (bicyclic) bond motifs is 1. The molecule has 0 bridgehead atoms. The Bertz CT molecular complexity index is 1360. The van der Waals surface area contributed by atoms with E-state index in [0.29, 0.717) is 29.1 Å². The Labute approximate surface area is 203 Å². The number of benzene rings is 2. The molecule has 3 heterocycles. The molecule has 0 N–H and O–H groups in total. The summed E-state index contributed by atoms with van der Waals surface area (Å²) in [6.45, 7) is 0.855. The first-order chi connectivity index (χ1) is 16.6. The summed E-state index contributed by atoms with van der Waals surface area (Å²) < 4.78 is 77.1. The van der Waals surface area contributed by atoms with Crippen molar-refractivity contribution in [3.8, 4) is 22.8 Å². The van der Waals surface area contributed by atoms with E-state index in [9.17, 15) is 21.6 Å². The zero-order valence-electron chi connectivity index (χ0n) is 18.0. The number of sulfonamides is 1. The van der Waals surface area contributed by atoms with Gasteiger partial charge in [-0.3, -0.25) is 0 Å². The van der Waals surface area contributed by atoms with Crippen LogP contribution in [0, 0.1) is 0 Å². The molecule has 0 saturated carbocycles. The fraction of sp³-hybridized carbons (Fsp3) is 0.273. The Balaban J connectivity index is 1.28. The first-order valence-electron chi connectivity index (χ1n) is 10.5. The predicted octanol–water partition coefficient (Wildman–Crippen LogP) is 4.06. The van der Waals surface area contributed by atoms with E-state index in [2.05, 4.69) is 10.2 Å². The third-order valence-electron chi connectivity index (χ3n) is 5.76. The Morgan fingerprint density at radius 1 is 0.886 bits per heavy atom. The van der Waals surface area contributed by atoms with Crippen LogP contribution in [-0.4, -0.2) is 55.9 Å². The molecule has 0 atom stereocenters. The van der Waals surface area contributed by atoms with Gasteiger partial charge in [-0.25, -0.2) is 8.42 Å². The topological polar surface area (TPSA) is 84.9 Å². The average molecular weight is 527 g/mol. The molecule has 1 saturated heterocycles. The molecule has 2 aromatic carbocycles. The molecular weight excluding hydrogens is 509 g/mol. The van der Waals surface area contributed by atoms with Crippen molar-refractivity contribution in [1.82, 2.24) is 14.5 Å². The maximum atomic E-state index is 13.1. The molecule has 0 amide bonds. The van der Waals surface area contributed by atoms with Gasteiger partial charge in [-0.05, 0) is 48.5 Å². The first-order valence-corrected chi connectivity index (χ1v) is 12.3. The molecule has 2 aliphatic heterocycles. The van der Waals surface area contributed by atoms with Crippen LogP contribution in [0.2, 0.25) is 5.02 Å². The number of aromatic nitrogens is 2. The van der Waals surface area contributed by atoms with Crippen LogP contribution >= 0.6 is 11.6 Å². The van der Waals surface area contributed by atoms with Crippen LogP contribution in [0.1, 0.15) is 5.56 Å². The number of nitrogens with zero attached hydrogens (tertiary/aromatic N) is 4. The third-order valence-corrected chi connectivity index (χ3v) is 8.14. The zero-order chi connectivity index (χ0) is 24.8. The number of ether oxygens (including phenoxy) is 2. The molecule has 5 rings (SSSR count). The Morgan fingerprint density at radius 2 is 1.63 bits per heavy atom. The standard InChI is InChI=1S/C22H18ClF3N4O4S/c23-16-3-2-15(22(24,25)26)12-20(16)35(31,32)30-9-7-29(8-10-30)21-6-4-17(27-28-21)14-1-5-18-19(11-14)34-13-33-18/h1-6,11-12H,7-10,13H2. The maximum Gasteiger partial charge on any atom is 0.416 e. The van der Waals surface area contributed by atoms with Gasteiger partial charge >= 0.3 is 6.18 Å². The minimum Gasteiger partial charge on any atom is -0.454 e. The molecule has 1 fully saturated rings. The van der Waals surface area contributed by atoms with E-state index < -0.39 is 26.7 Å². The summed E-state index contributed by atoms with van der Waals surface area (Å²) in [5.41, 5.74) is 0.367. The number of anilines is 1. The first kappa shape index (κ1) is 23.6. The van der Waals surface area contributed by atoms with Crippen LogP contribution in [0.5, 0.6) is 11.5 Å². The number of piperazine rings is 1. The van der Waals surface area contributed by atoms with Crippen LogP contribution in [0.25, 0.3) is 11.3 Å². The largest absolute Gasteiger partial charge is 0.454 e. The summed E-state index contributed by atoms with van der Waals surface area (Å²) in [4.78, 5) is 1.30. The summed E-state index contributed by atoms with van der Waals surface area (Å²) in [6, 6.07) is 11.3. The van der Waals surface area contributed by atoms with E-state index in [1.807, 2.05) is 17.0 Å². The molecule has 0 spiro atoms. The second kappa shape index (κ2) is 8.85. The minimum absolute atomic E-state index is 0.0561. The fourth-order valence-electron chi connectivity index (χ4n) is 3.88. The normalized spacial score (nSPS) is 16.5. The summed E-state index contributed by atoms with van der Waals surface area (Å²) >= 11 is 5.95. The van der Waals surface area contributed by atoms with Crippen molar-refractivity contribution in [3.63, 3.8) is 0 Å². The van der Waals surface area contributed by atoms with Crippen molar-refractivity contribution < 1.29 is 31.1 Å². The Kier molecular flexibility index (Phi) is 5.98. The second-order valence-electron chi connectivity index (χ2n) is 7.88. The van der Waals surface area contributed by atoms with E-state index in [0.717, 1.165) is 22.0 Å². The highest BCUT2D eigenvalue weighted by Gasteiger charge is 2.35. The smallest absolute Gasteiger partial charge is 0.416 e. The molecule has 0 radical (unpaired) electrons. The summed E-state index contributed by atoms with van der Waals surface area (Å²) in [5.74, 6) is 1.85. The molecule has 2 aliphatic rings. The lowest BCUT2D eigenvalue weighted by molar-refractivity contribution is -0.137. The molecule has 1 aromatic heterocycles. The third kappa shape index (κ3) is 4.60. The number of hydrogen-bond acceptors (Lipinski definition) is 7. The van der Waals surface area contributed by atoms with Gasteiger partial charge in [0.1, 0.15) is 4.90 Å². The lowest BCUT2D eigenvalue weighted by Crippen LogP contribution is -2.49. The molecule has 0 unspecified atom stereocenters. The van der Waals surface area contributed by atoms with Crippen LogP contribution in [0.3, 0.4) is 0 Å². The highest BCUT2D eigenvalue weighted by molar-refractivity contribution is 7.89. The van der Waals surface area contributed by atoms with E-state index in [4.69, 9.17) is 21.1 Å². The molecule has 13 heteroatoms. The second-order valence-corrected chi connectivity index (χ2v) is 10.2. The number of rotatable bonds is 4. The summed E-state index contributed by atoms with van der Waals surface area (Å²) in [5, 5.41) is 8.27. The van der Waals surface area contributed by atoms with Crippen LogP contribution < -0.4 is 14.4 Å². The highest BCUT2D eigenvalue weighted by atomic mass is 35.5. The maximum absolute atomic E-state index is 13.1. The van der Waals surface area contributed by atoms with Crippen LogP contribution in [0.4, 0.5) is 19.0 Å². The molecule has 8 nitrogen and oxygen atoms in total. The van der Waals surface area contributed by atoms with Gasteiger partial charge in [0.2, 0.25) is 16.8 Å². The van der Waals surface area contributed by atoms with Gasteiger partial charge in [-0.1, -0.05) is 11.6 Å². The molecule has 184 valence electrons. The molecule has 35 heavy (non-hydrogen) atoms. The van der Waals surface area contributed by atoms with Crippen molar-refractivity contribution in [1.29, 1.82) is 0 Å². The average Bonchev–Trinajstić information content (AvgIpc) is 3.32. The van der Waals surface area contributed by atoms with E-state index in [1.165, 1.54) is 0 Å². The Hall–Kier alpha value is -3.09. The Morgan fingerprint density at radius 3 is 2.31 bits per heavy atom. The van der Waals surface area contributed by atoms with Crippen LogP contribution in [-0.2, 0) is 16.2 Å². The summed E-state index contributed by atoms with van der Waals surface area (Å²) in [7, 11) is -4.21. The lowest BCUT2D eigenvalue weighted by Gasteiger charge is -2.34. The fourth-order valence-corrected chi connectivity index (χ4v) is 5.80. The highest BCUT2D eigenvalue weighted by Crippen LogP contribution is 2.36. The minimum atomic E-state index is -4.68. The quantitative estimate of drug-likeness (QED) is 0.507. The van der Waals surface area contributed by atoms with Gasteiger partial charge in [0.05, 0.1) is 16.3 Å². The molecule has 0 aliphatic carbocycles. The monoisotopic (exact) mass is 526 g/mol. The zero-order valence-corrected chi connectivity index (χ0v) is 19.6. The van der Waals surface area contributed by atoms with E-state index in [-0.39, 0.29) is 38.0 Å². The molecule has 3 aromatic rings.